The Morgan fingerprint density at radius 2 is 1.78 bits per heavy atom. The van der Waals surface area contributed by atoms with E-state index in [9.17, 15) is 34.0 Å². The fourth-order valence-electron chi connectivity index (χ4n) is 2.73. The summed E-state index contributed by atoms with van der Waals surface area (Å²) in [6.07, 6.45) is -3.98. The maximum Gasteiger partial charge on any atom is 0.466 e. The van der Waals surface area contributed by atoms with Gasteiger partial charge >= 0.3 is 10.4 Å². The van der Waals surface area contributed by atoms with Crippen LogP contribution in [0.4, 0.5) is 0 Å². The highest BCUT2D eigenvalue weighted by molar-refractivity contribution is 8.14. The number of phenols is 1. The summed E-state index contributed by atoms with van der Waals surface area (Å²) in [6, 6.07) is 5.95. The summed E-state index contributed by atoms with van der Waals surface area (Å²) < 4.78 is 34.4. The second kappa shape index (κ2) is 9.19. The zero-order chi connectivity index (χ0) is 20.2. The van der Waals surface area contributed by atoms with Gasteiger partial charge in [0.05, 0.1) is 12.2 Å². The first kappa shape index (κ1) is 21.9. The fourth-order valence-corrected chi connectivity index (χ4v) is 4.28. The van der Waals surface area contributed by atoms with Gasteiger partial charge in [-0.1, -0.05) is 17.3 Å². The lowest BCUT2D eigenvalue weighted by atomic mass is 9.83. The third-order valence-corrected chi connectivity index (χ3v) is 5.67. The highest BCUT2D eigenvalue weighted by atomic mass is 32.3. The molecule has 1 aromatic carbocycles. The Kier molecular flexibility index (Phi) is 7.45. The van der Waals surface area contributed by atoms with Gasteiger partial charge in [-0.15, -0.1) is 11.8 Å². The summed E-state index contributed by atoms with van der Waals surface area (Å²) in [5.74, 6) is -0.650. The summed E-state index contributed by atoms with van der Waals surface area (Å²) in [4.78, 5) is 0. The van der Waals surface area contributed by atoms with Crippen LogP contribution < -0.4 is 0 Å². The molecule has 0 aliphatic heterocycles. The lowest BCUT2D eigenvalue weighted by Gasteiger charge is -2.39. The van der Waals surface area contributed by atoms with Gasteiger partial charge in [-0.25, -0.2) is 4.28 Å². The standard InChI is InChI=1S/C15H21NO9S2/c17-7-9-6-11(14(20)15(21)13(9)19)26-12(16-25-27(22,23)24)5-8-1-3-10(18)4-2-8/h1-4,9,11,13-15,17-21H,5-7H2,(H,22,23,24)/b16-12+. The quantitative estimate of drug-likeness (QED) is 0.148. The number of oxime groups is 1. The van der Waals surface area contributed by atoms with Gasteiger partial charge in [0, 0.05) is 24.2 Å². The Morgan fingerprint density at radius 1 is 1.15 bits per heavy atom. The lowest BCUT2D eigenvalue weighted by Crippen LogP contribution is -2.53. The Morgan fingerprint density at radius 3 is 2.33 bits per heavy atom. The normalized spacial score (nSPS) is 29.5. The van der Waals surface area contributed by atoms with Crippen molar-refractivity contribution in [2.24, 2.45) is 11.1 Å². The number of thioether (sulfide) groups is 1. The van der Waals surface area contributed by atoms with Crippen LogP contribution >= 0.6 is 11.8 Å². The van der Waals surface area contributed by atoms with Crippen molar-refractivity contribution in [1.29, 1.82) is 0 Å². The summed E-state index contributed by atoms with van der Waals surface area (Å²) in [5.41, 5.74) is 0.627. The number of phenolic OH excluding ortho intramolecular Hbond substituents is 1. The predicted molar refractivity (Wildman–Crippen MR) is 96.5 cm³/mol. The van der Waals surface area contributed by atoms with Gasteiger partial charge in [0.15, 0.2) is 0 Å². The monoisotopic (exact) mass is 423 g/mol. The predicted octanol–water partition coefficient (Wildman–Crippen LogP) is -0.736. The molecule has 0 spiro atoms. The van der Waals surface area contributed by atoms with Gasteiger partial charge in [0.25, 0.3) is 0 Å². The first-order chi connectivity index (χ1) is 12.6. The molecule has 12 heteroatoms. The van der Waals surface area contributed by atoms with E-state index in [2.05, 4.69) is 9.44 Å². The van der Waals surface area contributed by atoms with Crippen molar-refractivity contribution < 1.29 is 42.8 Å². The summed E-state index contributed by atoms with van der Waals surface area (Å²) in [5, 5.41) is 51.4. The maximum absolute atomic E-state index is 10.8. The average Bonchev–Trinajstić information content (AvgIpc) is 2.61. The van der Waals surface area contributed by atoms with Crippen molar-refractivity contribution in [3.05, 3.63) is 29.8 Å². The molecule has 27 heavy (non-hydrogen) atoms. The SMILES string of the molecule is O=S(=O)(O)O/N=C(\Cc1ccc(O)cc1)SC1CC(CO)C(O)C(O)C1O. The molecular weight excluding hydrogens is 402 g/mol. The third-order valence-electron chi connectivity index (χ3n) is 4.15. The van der Waals surface area contributed by atoms with Crippen LogP contribution in [-0.2, 0) is 21.1 Å². The zero-order valence-electron chi connectivity index (χ0n) is 14.0. The molecule has 1 aliphatic rings. The van der Waals surface area contributed by atoms with Crippen LogP contribution in [0.1, 0.15) is 12.0 Å². The van der Waals surface area contributed by atoms with E-state index in [4.69, 9.17) is 4.55 Å². The second-order valence-electron chi connectivity index (χ2n) is 6.14. The van der Waals surface area contributed by atoms with E-state index in [1.165, 1.54) is 12.1 Å². The van der Waals surface area contributed by atoms with Crippen molar-refractivity contribution in [2.45, 2.75) is 36.4 Å². The van der Waals surface area contributed by atoms with E-state index in [1.807, 2.05) is 0 Å². The highest BCUT2D eigenvalue weighted by Crippen LogP contribution is 2.34. The Balaban J connectivity index is 2.20. The summed E-state index contributed by atoms with van der Waals surface area (Å²) >= 11 is 0.893. The van der Waals surface area contributed by atoms with E-state index < -0.39 is 46.5 Å². The van der Waals surface area contributed by atoms with Crippen molar-refractivity contribution in [3.8, 4) is 5.75 Å². The number of benzene rings is 1. The molecule has 5 unspecified atom stereocenters. The molecule has 10 nitrogen and oxygen atoms in total. The lowest BCUT2D eigenvalue weighted by molar-refractivity contribution is -0.114. The minimum atomic E-state index is -4.84. The molecule has 2 rings (SSSR count). The van der Waals surface area contributed by atoms with Crippen molar-refractivity contribution in [1.82, 2.24) is 0 Å². The molecule has 1 saturated carbocycles. The second-order valence-corrected chi connectivity index (χ2v) is 8.45. The van der Waals surface area contributed by atoms with Crippen LogP contribution in [-0.4, -0.2) is 73.7 Å². The Hall–Kier alpha value is -1.41. The Bertz CT molecular complexity index is 751. The number of hydrogen-bond donors (Lipinski definition) is 6. The fraction of sp³-hybridized carbons (Fsp3) is 0.533. The molecule has 152 valence electrons. The van der Waals surface area contributed by atoms with Crippen LogP contribution in [0.25, 0.3) is 0 Å². The van der Waals surface area contributed by atoms with E-state index >= 15 is 0 Å². The van der Waals surface area contributed by atoms with Crippen LogP contribution in [0, 0.1) is 5.92 Å². The summed E-state index contributed by atoms with van der Waals surface area (Å²) in [7, 11) is -4.84. The topological polar surface area (TPSA) is 177 Å². The molecule has 0 aromatic heterocycles. The van der Waals surface area contributed by atoms with Gasteiger partial charge < -0.3 is 25.5 Å². The van der Waals surface area contributed by atoms with Gasteiger partial charge in [-0.2, -0.15) is 8.42 Å². The number of aliphatic hydroxyl groups is 4. The third kappa shape index (κ3) is 6.31. The minimum Gasteiger partial charge on any atom is -0.508 e. The molecule has 1 aliphatic carbocycles. The van der Waals surface area contributed by atoms with Gasteiger partial charge in [-0.3, -0.25) is 4.55 Å². The Labute approximate surface area is 160 Å². The van der Waals surface area contributed by atoms with Crippen molar-refractivity contribution in [2.75, 3.05) is 6.61 Å². The first-order valence-electron chi connectivity index (χ1n) is 7.93. The number of nitrogens with zero attached hydrogens (tertiary/aromatic N) is 1. The van der Waals surface area contributed by atoms with E-state index in [-0.39, 0.29) is 23.6 Å². The number of aliphatic hydroxyl groups excluding tert-OH is 4. The molecule has 0 radical (unpaired) electrons. The van der Waals surface area contributed by atoms with Crippen molar-refractivity contribution >= 4 is 27.2 Å². The molecule has 0 heterocycles. The molecule has 0 bridgehead atoms. The average molecular weight is 423 g/mol. The van der Waals surface area contributed by atoms with Crippen LogP contribution in [0.2, 0.25) is 0 Å². The van der Waals surface area contributed by atoms with Gasteiger partial charge in [-0.05, 0) is 24.1 Å². The summed E-state index contributed by atoms with van der Waals surface area (Å²) in [6.45, 7) is -0.409. The van der Waals surface area contributed by atoms with Crippen LogP contribution in [0.3, 0.4) is 0 Å². The van der Waals surface area contributed by atoms with E-state index in [0.717, 1.165) is 11.8 Å². The molecule has 5 atom stereocenters. The smallest absolute Gasteiger partial charge is 0.466 e. The number of aromatic hydroxyl groups is 1. The molecule has 1 fully saturated rings. The molecule has 1 aromatic rings. The van der Waals surface area contributed by atoms with Crippen LogP contribution in [0.5, 0.6) is 5.75 Å². The van der Waals surface area contributed by atoms with E-state index in [0.29, 0.717) is 5.56 Å². The molecule has 6 N–H and O–H groups in total. The molecular formula is C15H21NO9S2. The van der Waals surface area contributed by atoms with Crippen molar-refractivity contribution in [3.63, 3.8) is 0 Å². The molecule has 0 saturated heterocycles. The number of rotatable bonds is 6. The largest absolute Gasteiger partial charge is 0.508 e. The van der Waals surface area contributed by atoms with Gasteiger partial charge in [0.2, 0.25) is 0 Å². The zero-order valence-corrected chi connectivity index (χ0v) is 15.6. The van der Waals surface area contributed by atoms with Crippen LogP contribution in [0.15, 0.2) is 29.4 Å². The van der Waals surface area contributed by atoms with E-state index in [1.54, 1.807) is 12.1 Å². The van der Waals surface area contributed by atoms with Gasteiger partial charge in [0.1, 0.15) is 16.9 Å². The number of hydrogen-bond acceptors (Lipinski definition) is 10. The maximum atomic E-state index is 10.8. The highest BCUT2D eigenvalue weighted by Gasteiger charge is 2.43. The molecule has 0 amide bonds. The minimum absolute atomic E-state index is 0.0321. The first-order valence-corrected chi connectivity index (χ1v) is 10.2.